The molecule has 2 aliphatic carbocycles. The molecule has 5 N–H and O–H groups in total. The van der Waals surface area contributed by atoms with Crippen molar-refractivity contribution in [1.82, 2.24) is 26.3 Å². The van der Waals surface area contributed by atoms with Gasteiger partial charge in [-0.3, -0.25) is 4.98 Å². The number of aromatic carboxylic acids is 1. The van der Waals surface area contributed by atoms with E-state index >= 15 is 0 Å². The number of aryl methyl sites for hydroxylation is 1. The molecule has 4 atom stereocenters. The van der Waals surface area contributed by atoms with Crippen molar-refractivity contribution in [2.75, 3.05) is 13.1 Å². The number of halogens is 2. The van der Waals surface area contributed by atoms with Gasteiger partial charge in [0, 0.05) is 50.3 Å². The van der Waals surface area contributed by atoms with Crippen LogP contribution >= 0.6 is 20.2 Å². The molecule has 0 unspecified atom stereocenters. The number of carboxylic acid groups (broad SMARTS) is 1. The predicted molar refractivity (Wildman–Crippen MR) is 153 cm³/mol. The molecule has 4 rings (SSSR count). The van der Waals surface area contributed by atoms with Gasteiger partial charge in [0.05, 0.1) is 17.0 Å². The molecular weight excluding hydrogens is 596 g/mol. The third kappa shape index (κ3) is 12.0. The minimum absolute atomic E-state index is 0.00694. The molecular formula is C28H45Cl2MnN5O4. The van der Waals surface area contributed by atoms with Crippen molar-refractivity contribution in [2.24, 2.45) is 0 Å². The summed E-state index contributed by atoms with van der Waals surface area (Å²) in [5.74, 6) is -0.844. The van der Waals surface area contributed by atoms with E-state index in [1.165, 1.54) is 44.9 Å². The van der Waals surface area contributed by atoms with Gasteiger partial charge >= 0.3 is 45.5 Å². The van der Waals surface area contributed by atoms with Crippen LogP contribution in [0.25, 0.3) is 0 Å². The van der Waals surface area contributed by atoms with E-state index < -0.39 is 5.97 Å². The number of unbranched alkanes of at least 4 members (excludes halogenated alkanes) is 2. The normalized spacial score (nSPS) is 25.1. The SMILES string of the molecule is CCCCCc1cc2nc(c1C(=O)O)CN[C@@H]1CCCC[C@H]1NCCN[C@@H]1CCCC[C@H]1NC2.O=C=O.[Cl][Mn][Cl]. The van der Waals surface area contributed by atoms with Crippen LogP contribution in [0.3, 0.4) is 0 Å². The molecule has 3 aliphatic rings. The molecule has 0 saturated heterocycles. The monoisotopic (exact) mass is 640 g/mol. The Kier molecular flexibility index (Phi) is 18.2. The number of pyridine rings is 1. The first-order valence-electron chi connectivity index (χ1n) is 14.5. The second kappa shape index (κ2) is 20.8. The summed E-state index contributed by atoms with van der Waals surface area (Å²) in [5, 5.41) is 25.2. The number of carbonyl (C=O) groups excluding carboxylic acids is 2. The number of carbonyl (C=O) groups is 1. The van der Waals surface area contributed by atoms with Crippen molar-refractivity contribution < 1.29 is 32.6 Å². The molecule has 1 aromatic heterocycles. The second-order valence-electron chi connectivity index (χ2n) is 10.7. The Balaban J connectivity index is 0.000000858. The first-order valence-corrected chi connectivity index (χ1v) is 17.8. The molecule has 0 amide bonds. The molecule has 12 heteroatoms. The van der Waals surface area contributed by atoms with E-state index in [1.807, 2.05) is 0 Å². The quantitative estimate of drug-likeness (QED) is 0.236. The first kappa shape index (κ1) is 35.1. The molecule has 2 fully saturated rings. The molecule has 0 spiro atoms. The number of nitrogens with one attached hydrogen (secondary N) is 4. The van der Waals surface area contributed by atoms with Gasteiger partial charge in [-0.2, -0.15) is 9.59 Å². The van der Waals surface area contributed by atoms with Crippen molar-refractivity contribution in [2.45, 2.75) is 121 Å². The number of rotatable bonds is 5. The number of carboxylic acids is 1. The van der Waals surface area contributed by atoms with Gasteiger partial charge in [-0.25, -0.2) is 4.79 Å². The average Bonchev–Trinajstić information content (AvgIpc) is 2.95. The van der Waals surface area contributed by atoms with Crippen molar-refractivity contribution in [3.05, 3.63) is 28.6 Å². The zero-order chi connectivity index (χ0) is 29.2. The van der Waals surface area contributed by atoms with Crippen molar-refractivity contribution in [3.8, 4) is 0 Å². The van der Waals surface area contributed by atoms with Gasteiger partial charge in [-0.1, -0.05) is 45.4 Å². The molecule has 2 heterocycles. The van der Waals surface area contributed by atoms with Crippen LogP contribution < -0.4 is 21.3 Å². The van der Waals surface area contributed by atoms with Crippen LogP contribution in [0.2, 0.25) is 0 Å². The van der Waals surface area contributed by atoms with Crippen LogP contribution in [0, 0.1) is 0 Å². The van der Waals surface area contributed by atoms with Crippen LogP contribution in [0.4, 0.5) is 0 Å². The number of nitrogens with zero attached hydrogens (tertiary/aromatic N) is 1. The van der Waals surface area contributed by atoms with Crippen molar-refractivity contribution in [1.29, 1.82) is 0 Å². The molecule has 227 valence electrons. The second-order valence-corrected chi connectivity index (χ2v) is 12.6. The zero-order valence-corrected chi connectivity index (χ0v) is 26.1. The summed E-state index contributed by atoms with van der Waals surface area (Å²) in [5.41, 5.74) is 3.06. The van der Waals surface area contributed by atoms with E-state index in [4.69, 9.17) is 34.8 Å². The first-order chi connectivity index (χ1) is 19.5. The molecule has 0 radical (unpaired) electrons. The van der Waals surface area contributed by atoms with E-state index in [1.54, 1.807) is 0 Å². The average molecular weight is 642 g/mol. The summed E-state index contributed by atoms with van der Waals surface area (Å²) >= 11 is 0.00694. The summed E-state index contributed by atoms with van der Waals surface area (Å²) in [4.78, 5) is 33.5. The standard InChI is InChI=1S/C27H45N5O2.CO2.2ClH.Mn/c1-2-3-4-9-19-16-20-17-30-23-12-7-5-10-21(23)28-14-15-29-22-11-6-8-13-24(22)31-18-25(32-20)26(19)27(33)34;2-1-3;;;/h16,21-24,28-31H,2-15,17-18H2,1H3,(H,33,34);;2*1H;/q;;;;+2/p-2/t21-,22-,23-,24-;;;;/m1..../s1. The fourth-order valence-electron chi connectivity index (χ4n) is 6.18. The molecule has 1 aliphatic heterocycles. The van der Waals surface area contributed by atoms with Gasteiger partial charge in [0.15, 0.2) is 0 Å². The molecule has 0 aromatic carbocycles. The van der Waals surface area contributed by atoms with E-state index in [-0.39, 0.29) is 19.3 Å². The number of hydrogen-bond donors (Lipinski definition) is 5. The summed E-state index contributed by atoms with van der Waals surface area (Å²) in [6.45, 7) is 5.36. The molecule has 1 aromatic rings. The van der Waals surface area contributed by atoms with Crippen LogP contribution in [-0.4, -0.2) is 59.5 Å². The molecule has 2 bridgehead atoms. The Labute approximate surface area is 253 Å². The number of fused-ring (bicyclic) bond motifs is 4. The Morgan fingerprint density at radius 2 is 1.40 bits per heavy atom. The zero-order valence-electron chi connectivity index (χ0n) is 23.5. The van der Waals surface area contributed by atoms with Gasteiger partial charge in [-0.15, -0.1) is 0 Å². The summed E-state index contributed by atoms with van der Waals surface area (Å²) in [6, 6.07) is 3.77. The van der Waals surface area contributed by atoms with Crippen molar-refractivity contribution in [3.63, 3.8) is 0 Å². The van der Waals surface area contributed by atoms with E-state index in [0.717, 1.165) is 56.5 Å². The minimum atomic E-state index is -0.844. The topological polar surface area (TPSA) is 132 Å². The number of hydrogen-bond acceptors (Lipinski definition) is 8. The van der Waals surface area contributed by atoms with Gasteiger partial charge in [0.1, 0.15) is 0 Å². The van der Waals surface area contributed by atoms with Gasteiger partial charge in [-0.05, 0) is 50.2 Å². The van der Waals surface area contributed by atoms with E-state index in [9.17, 15) is 9.90 Å². The Hall–Kier alpha value is -1.06. The van der Waals surface area contributed by atoms with E-state index in [0.29, 0.717) is 48.5 Å². The van der Waals surface area contributed by atoms with Crippen LogP contribution in [0.15, 0.2) is 6.07 Å². The predicted octanol–water partition coefficient (Wildman–Crippen LogP) is 4.30. The maximum atomic E-state index is 12.4. The number of aromatic nitrogens is 1. The van der Waals surface area contributed by atoms with Crippen LogP contribution in [0.1, 0.15) is 105 Å². The van der Waals surface area contributed by atoms with Gasteiger partial charge in [0.25, 0.3) is 0 Å². The molecule has 2 saturated carbocycles. The Morgan fingerprint density at radius 3 is 1.88 bits per heavy atom. The summed E-state index contributed by atoms with van der Waals surface area (Å²) in [7, 11) is 9.59. The fourth-order valence-corrected chi connectivity index (χ4v) is 6.18. The Morgan fingerprint density at radius 1 is 0.925 bits per heavy atom. The van der Waals surface area contributed by atoms with Gasteiger partial charge in [0.2, 0.25) is 0 Å². The van der Waals surface area contributed by atoms with E-state index in [2.05, 4.69) is 34.3 Å². The summed E-state index contributed by atoms with van der Waals surface area (Å²) < 4.78 is 0. The maximum absolute atomic E-state index is 12.4. The van der Waals surface area contributed by atoms with Crippen LogP contribution in [0.5, 0.6) is 0 Å². The van der Waals surface area contributed by atoms with Gasteiger partial charge < -0.3 is 26.4 Å². The van der Waals surface area contributed by atoms with Crippen molar-refractivity contribution >= 4 is 32.3 Å². The summed E-state index contributed by atoms with van der Waals surface area (Å²) in [6.07, 6.45) is 14.0. The van der Waals surface area contributed by atoms with Crippen LogP contribution in [-0.2, 0) is 42.2 Å². The fraction of sp³-hybridized carbons (Fsp3) is 0.750. The third-order valence-corrected chi connectivity index (χ3v) is 8.04. The Bertz CT molecular complexity index is 923. The molecule has 9 nitrogen and oxygen atoms in total. The third-order valence-electron chi connectivity index (χ3n) is 8.04. The molecule has 40 heavy (non-hydrogen) atoms.